The van der Waals surface area contributed by atoms with Crippen LogP contribution >= 0.6 is 0 Å². The Kier molecular flexibility index (Phi) is 5.86. The maximum atomic E-state index is 12.4. The first-order chi connectivity index (χ1) is 12.0. The monoisotopic (exact) mass is 342 g/mol. The van der Waals surface area contributed by atoms with Gasteiger partial charge in [0.15, 0.2) is 0 Å². The SMILES string of the molecule is COC(=O)c1ccc(C(=O)OC)c(NC(=O)[C@@H](N)c2ccccc2)c1. The van der Waals surface area contributed by atoms with E-state index in [4.69, 9.17) is 10.5 Å². The predicted molar refractivity (Wildman–Crippen MR) is 91.1 cm³/mol. The predicted octanol–water partition coefficient (Wildman–Crippen LogP) is 1.90. The van der Waals surface area contributed by atoms with E-state index in [0.29, 0.717) is 5.56 Å². The number of nitrogens with one attached hydrogen (secondary N) is 1. The molecule has 2 aromatic rings. The molecule has 7 nitrogen and oxygen atoms in total. The van der Waals surface area contributed by atoms with Crippen LogP contribution in [0.2, 0.25) is 0 Å². The summed E-state index contributed by atoms with van der Waals surface area (Å²) in [4.78, 5) is 36.0. The number of nitrogens with two attached hydrogens (primary N) is 1. The van der Waals surface area contributed by atoms with Gasteiger partial charge in [-0.25, -0.2) is 9.59 Å². The Balaban J connectivity index is 2.33. The largest absolute Gasteiger partial charge is 0.465 e. The second-order valence-corrected chi connectivity index (χ2v) is 5.12. The lowest BCUT2D eigenvalue weighted by molar-refractivity contribution is -0.117. The maximum absolute atomic E-state index is 12.4. The second-order valence-electron chi connectivity index (χ2n) is 5.12. The van der Waals surface area contributed by atoms with Crippen molar-refractivity contribution < 1.29 is 23.9 Å². The highest BCUT2D eigenvalue weighted by molar-refractivity contribution is 6.04. The molecule has 2 aromatic carbocycles. The van der Waals surface area contributed by atoms with Crippen LogP contribution in [0.25, 0.3) is 0 Å². The van der Waals surface area contributed by atoms with Gasteiger partial charge in [0.05, 0.1) is 31.0 Å². The minimum atomic E-state index is -0.937. The number of carbonyl (C=O) groups is 3. The Morgan fingerprint density at radius 3 is 2.20 bits per heavy atom. The fraction of sp³-hybridized carbons (Fsp3) is 0.167. The molecule has 0 heterocycles. The van der Waals surface area contributed by atoms with Gasteiger partial charge in [0.25, 0.3) is 0 Å². The Labute approximate surface area is 144 Å². The molecule has 0 aliphatic carbocycles. The van der Waals surface area contributed by atoms with E-state index in [1.807, 2.05) is 6.07 Å². The van der Waals surface area contributed by atoms with Crippen LogP contribution in [0.1, 0.15) is 32.3 Å². The van der Waals surface area contributed by atoms with Gasteiger partial charge in [-0.2, -0.15) is 0 Å². The van der Waals surface area contributed by atoms with Gasteiger partial charge >= 0.3 is 11.9 Å². The molecule has 0 spiro atoms. The zero-order valence-corrected chi connectivity index (χ0v) is 13.8. The molecular formula is C18H18N2O5. The van der Waals surface area contributed by atoms with E-state index in [9.17, 15) is 14.4 Å². The first-order valence-electron chi connectivity index (χ1n) is 7.40. The van der Waals surface area contributed by atoms with Crippen molar-refractivity contribution in [1.82, 2.24) is 0 Å². The average Bonchev–Trinajstić information content (AvgIpc) is 2.66. The molecule has 0 fully saturated rings. The summed E-state index contributed by atoms with van der Waals surface area (Å²) in [5.41, 5.74) is 6.96. The summed E-state index contributed by atoms with van der Waals surface area (Å²) in [6.45, 7) is 0. The summed E-state index contributed by atoms with van der Waals surface area (Å²) in [7, 11) is 2.46. The Hall–Kier alpha value is -3.19. The third-order valence-corrected chi connectivity index (χ3v) is 3.55. The van der Waals surface area contributed by atoms with Crippen molar-refractivity contribution in [2.75, 3.05) is 19.5 Å². The molecule has 130 valence electrons. The molecule has 0 aliphatic heterocycles. The fourth-order valence-corrected chi connectivity index (χ4v) is 2.20. The van der Waals surface area contributed by atoms with Crippen molar-refractivity contribution >= 4 is 23.5 Å². The minimum Gasteiger partial charge on any atom is -0.465 e. The summed E-state index contributed by atoms with van der Waals surface area (Å²) < 4.78 is 9.34. The molecule has 0 saturated heterocycles. The third kappa shape index (κ3) is 4.21. The number of hydrogen-bond donors (Lipinski definition) is 2. The maximum Gasteiger partial charge on any atom is 0.339 e. The molecule has 1 atom stereocenters. The van der Waals surface area contributed by atoms with Crippen LogP contribution in [0.5, 0.6) is 0 Å². The summed E-state index contributed by atoms with van der Waals surface area (Å²) in [5.74, 6) is -1.78. The van der Waals surface area contributed by atoms with Gasteiger partial charge < -0.3 is 20.5 Å². The van der Waals surface area contributed by atoms with Crippen molar-refractivity contribution in [3.05, 3.63) is 65.2 Å². The summed E-state index contributed by atoms with van der Waals surface area (Å²) in [6.07, 6.45) is 0. The summed E-state index contributed by atoms with van der Waals surface area (Å²) in [5, 5.41) is 2.57. The van der Waals surface area contributed by atoms with Crippen molar-refractivity contribution in [2.24, 2.45) is 5.73 Å². The molecule has 0 saturated carbocycles. The van der Waals surface area contributed by atoms with Crippen LogP contribution in [-0.4, -0.2) is 32.1 Å². The number of ether oxygens (including phenoxy) is 2. The number of hydrogen-bond acceptors (Lipinski definition) is 6. The Bertz CT molecular complexity index is 789. The van der Waals surface area contributed by atoms with E-state index >= 15 is 0 Å². The highest BCUT2D eigenvalue weighted by Crippen LogP contribution is 2.21. The van der Waals surface area contributed by atoms with Crippen molar-refractivity contribution in [2.45, 2.75) is 6.04 Å². The quantitative estimate of drug-likeness (QED) is 0.804. The lowest BCUT2D eigenvalue weighted by Crippen LogP contribution is -2.28. The normalized spacial score (nSPS) is 11.3. The second kappa shape index (κ2) is 8.07. The number of carbonyl (C=O) groups excluding carboxylic acids is 3. The number of rotatable bonds is 5. The number of esters is 2. The molecule has 0 aliphatic rings. The molecule has 1 amide bonds. The molecular weight excluding hydrogens is 324 g/mol. The molecule has 25 heavy (non-hydrogen) atoms. The first-order valence-corrected chi connectivity index (χ1v) is 7.40. The van der Waals surface area contributed by atoms with Crippen LogP contribution in [0, 0.1) is 0 Å². The average molecular weight is 342 g/mol. The standard InChI is InChI=1S/C18H18N2O5/c1-24-17(22)12-8-9-13(18(23)25-2)14(10-12)20-16(21)15(19)11-6-4-3-5-7-11/h3-10,15H,19H2,1-2H3,(H,20,21)/t15-/m0/s1. The molecule has 0 bridgehead atoms. The van der Waals surface area contributed by atoms with E-state index < -0.39 is 23.9 Å². The van der Waals surface area contributed by atoms with Crippen LogP contribution < -0.4 is 11.1 Å². The Morgan fingerprint density at radius 2 is 1.60 bits per heavy atom. The summed E-state index contributed by atoms with van der Waals surface area (Å²) in [6, 6.07) is 12.0. The number of methoxy groups -OCH3 is 2. The zero-order valence-electron chi connectivity index (χ0n) is 13.8. The van der Waals surface area contributed by atoms with Crippen LogP contribution in [0.3, 0.4) is 0 Å². The summed E-state index contributed by atoms with van der Waals surface area (Å²) >= 11 is 0. The van der Waals surface area contributed by atoms with Gasteiger partial charge in [0.2, 0.25) is 5.91 Å². The van der Waals surface area contributed by atoms with E-state index in [-0.39, 0.29) is 16.8 Å². The molecule has 7 heteroatoms. The number of amides is 1. The van der Waals surface area contributed by atoms with Crippen molar-refractivity contribution in [1.29, 1.82) is 0 Å². The highest BCUT2D eigenvalue weighted by Gasteiger charge is 2.21. The van der Waals surface area contributed by atoms with E-state index in [1.54, 1.807) is 24.3 Å². The van der Waals surface area contributed by atoms with Crippen molar-refractivity contribution in [3.63, 3.8) is 0 Å². The fourth-order valence-electron chi connectivity index (χ4n) is 2.20. The Morgan fingerprint density at radius 1 is 0.960 bits per heavy atom. The topological polar surface area (TPSA) is 108 Å². The minimum absolute atomic E-state index is 0.101. The smallest absolute Gasteiger partial charge is 0.339 e. The number of benzene rings is 2. The number of anilines is 1. The molecule has 0 aromatic heterocycles. The highest BCUT2D eigenvalue weighted by atomic mass is 16.5. The van der Waals surface area contributed by atoms with E-state index in [0.717, 1.165) is 0 Å². The van der Waals surface area contributed by atoms with E-state index in [2.05, 4.69) is 10.1 Å². The van der Waals surface area contributed by atoms with Gasteiger partial charge in [0, 0.05) is 0 Å². The molecule has 0 unspecified atom stereocenters. The van der Waals surface area contributed by atoms with E-state index in [1.165, 1.54) is 32.4 Å². The first kappa shape index (κ1) is 18.2. The van der Waals surface area contributed by atoms with Gasteiger partial charge in [0.1, 0.15) is 6.04 Å². The lowest BCUT2D eigenvalue weighted by Gasteiger charge is -2.15. The van der Waals surface area contributed by atoms with Gasteiger partial charge in [-0.05, 0) is 23.8 Å². The van der Waals surface area contributed by atoms with Crippen LogP contribution in [0.15, 0.2) is 48.5 Å². The van der Waals surface area contributed by atoms with Crippen LogP contribution in [-0.2, 0) is 14.3 Å². The zero-order chi connectivity index (χ0) is 18.4. The molecule has 0 radical (unpaired) electrons. The lowest BCUT2D eigenvalue weighted by atomic mass is 10.1. The third-order valence-electron chi connectivity index (χ3n) is 3.55. The van der Waals surface area contributed by atoms with Gasteiger partial charge in [-0.1, -0.05) is 30.3 Å². The van der Waals surface area contributed by atoms with Crippen molar-refractivity contribution in [3.8, 4) is 0 Å². The van der Waals surface area contributed by atoms with Gasteiger partial charge in [-0.15, -0.1) is 0 Å². The van der Waals surface area contributed by atoms with Crippen LogP contribution in [0.4, 0.5) is 5.69 Å². The van der Waals surface area contributed by atoms with Gasteiger partial charge in [-0.3, -0.25) is 4.79 Å². The molecule has 2 rings (SSSR count). The molecule has 3 N–H and O–H groups in total.